The molecule has 0 aromatic carbocycles. The molecule has 0 aliphatic rings. The first kappa shape index (κ1) is 11.6. The zero-order valence-electron chi connectivity index (χ0n) is 5.35. The van der Waals surface area contributed by atoms with Gasteiger partial charge in [-0.05, 0) is 6.92 Å². The molecular formula is C6H12NY-. The molecule has 8 heavy (non-hydrogen) atoms. The van der Waals surface area contributed by atoms with E-state index in [-0.39, 0.29) is 32.7 Å². The molecule has 0 fully saturated rings. The molecule has 0 aliphatic carbocycles. The summed E-state index contributed by atoms with van der Waals surface area (Å²) in [6, 6.07) is 0. The number of nitrogens with two attached hydrogens (primary N) is 1. The molecule has 2 N–H and O–H groups in total. The maximum absolute atomic E-state index is 5.29. The van der Waals surface area contributed by atoms with E-state index >= 15 is 0 Å². The van der Waals surface area contributed by atoms with Gasteiger partial charge in [-0.1, -0.05) is 11.6 Å². The molecule has 0 atom stereocenters. The number of hydrogen-bond acceptors (Lipinski definition) is 1. The molecule has 0 bridgehead atoms. The molecule has 0 aromatic heterocycles. The molecule has 0 spiro atoms. The second-order valence-corrected chi connectivity index (χ2v) is 1.40. The van der Waals surface area contributed by atoms with Crippen molar-refractivity contribution in [3.05, 3.63) is 18.6 Å². The average molecular weight is 187 g/mol. The Bertz CT molecular complexity index is 62.9. The van der Waals surface area contributed by atoms with Gasteiger partial charge in [0.1, 0.15) is 0 Å². The van der Waals surface area contributed by atoms with Gasteiger partial charge in [-0.25, -0.2) is 0 Å². The molecule has 0 saturated carbocycles. The molecule has 0 amide bonds. The van der Waals surface area contributed by atoms with Crippen LogP contribution in [0.4, 0.5) is 0 Å². The van der Waals surface area contributed by atoms with Gasteiger partial charge in [-0.3, -0.25) is 0 Å². The van der Waals surface area contributed by atoms with Crippen LogP contribution >= 0.6 is 0 Å². The van der Waals surface area contributed by atoms with Crippen molar-refractivity contribution >= 4 is 0 Å². The molecule has 0 aliphatic heterocycles. The van der Waals surface area contributed by atoms with E-state index < -0.39 is 0 Å². The molecule has 2 heteroatoms. The summed E-state index contributed by atoms with van der Waals surface area (Å²) in [6.45, 7) is 6.31. The van der Waals surface area contributed by atoms with Gasteiger partial charge in [0.15, 0.2) is 0 Å². The van der Waals surface area contributed by atoms with Crippen molar-refractivity contribution in [2.24, 2.45) is 5.73 Å². The molecule has 0 rings (SSSR count). The fraction of sp³-hybridized carbons (Fsp3) is 0.500. The fourth-order valence-corrected chi connectivity index (χ4v) is 0.364. The third kappa shape index (κ3) is 4.95. The first-order chi connectivity index (χ1) is 3.35. The fourth-order valence-electron chi connectivity index (χ4n) is 0.364. The Kier molecular flexibility index (Phi) is 11.3. The van der Waals surface area contributed by atoms with Crippen molar-refractivity contribution < 1.29 is 32.7 Å². The number of allylic oxidation sites excluding steroid dienone is 1. The summed E-state index contributed by atoms with van der Waals surface area (Å²) in [7, 11) is 0. The van der Waals surface area contributed by atoms with E-state index in [4.69, 9.17) is 5.73 Å². The van der Waals surface area contributed by atoms with Crippen molar-refractivity contribution in [1.82, 2.24) is 0 Å². The van der Waals surface area contributed by atoms with Crippen LogP contribution in [0, 0.1) is 6.92 Å². The van der Waals surface area contributed by atoms with Gasteiger partial charge in [0.25, 0.3) is 0 Å². The molecular weight excluding hydrogens is 175 g/mol. The van der Waals surface area contributed by atoms with E-state index in [9.17, 15) is 0 Å². The van der Waals surface area contributed by atoms with Crippen LogP contribution in [0.5, 0.6) is 0 Å². The van der Waals surface area contributed by atoms with Gasteiger partial charge < -0.3 is 12.7 Å². The van der Waals surface area contributed by atoms with Crippen molar-refractivity contribution in [3.63, 3.8) is 0 Å². The van der Waals surface area contributed by atoms with Gasteiger partial charge in [0.05, 0.1) is 0 Å². The Morgan fingerprint density at radius 1 is 1.75 bits per heavy atom. The van der Waals surface area contributed by atoms with Crippen LogP contribution in [-0.2, 0) is 32.7 Å². The first-order valence-electron chi connectivity index (χ1n) is 2.48. The Labute approximate surface area is 76.6 Å². The van der Waals surface area contributed by atoms with Gasteiger partial charge in [-0.2, -0.15) is 6.42 Å². The molecule has 1 nitrogen and oxygen atoms in total. The van der Waals surface area contributed by atoms with E-state index in [1.54, 1.807) is 0 Å². The van der Waals surface area contributed by atoms with E-state index in [1.165, 1.54) is 5.57 Å². The minimum Gasteiger partial charge on any atom is -0.339 e. The largest absolute Gasteiger partial charge is 0.339 e. The van der Waals surface area contributed by atoms with Gasteiger partial charge in [-0.15, -0.1) is 0 Å². The summed E-state index contributed by atoms with van der Waals surface area (Å²) >= 11 is 0. The Balaban J connectivity index is 0. The van der Waals surface area contributed by atoms with E-state index in [0.717, 1.165) is 6.42 Å². The maximum Gasteiger partial charge on any atom is 0.0111 e. The first-order valence-corrected chi connectivity index (χ1v) is 2.48. The molecule has 0 heterocycles. The van der Waals surface area contributed by atoms with Gasteiger partial charge in [0.2, 0.25) is 0 Å². The van der Waals surface area contributed by atoms with Crippen molar-refractivity contribution in [2.45, 2.75) is 13.3 Å². The smallest absolute Gasteiger partial charge is 0.0111 e. The van der Waals surface area contributed by atoms with Crippen LogP contribution in [-0.4, -0.2) is 6.54 Å². The predicted octanol–water partition coefficient (Wildman–Crippen LogP) is 1.11. The standard InChI is InChI=1S/C6H12N.Y/c1-3-6(4-2)5-7;/h4H,1,3,5,7H2,2H3;/q-1;. The Morgan fingerprint density at radius 3 is 2.25 bits per heavy atom. The molecule has 45 valence electrons. The molecule has 0 unspecified atom stereocenters. The van der Waals surface area contributed by atoms with Crippen LogP contribution < -0.4 is 5.73 Å². The van der Waals surface area contributed by atoms with Crippen molar-refractivity contribution in [3.8, 4) is 0 Å². The van der Waals surface area contributed by atoms with E-state index in [0.29, 0.717) is 6.54 Å². The third-order valence-corrected chi connectivity index (χ3v) is 0.992. The number of rotatable bonds is 2. The second-order valence-electron chi connectivity index (χ2n) is 1.40. The molecule has 0 aromatic rings. The Morgan fingerprint density at radius 2 is 2.25 bits per heavy atom. The quantitative estimate of drug-likeness (QED) is 0.508. The summed E-state index contributed by atoms with van der Waals surface area (Å²) in [6.07, 6.45) is 2.85. The van der Waals surface area contributed by atoms with Gasteiger partial charge >= 0.3 is 0 Å². The van der Waals surface area contributed by atoms with Crippen LogP contribution in [0.25, 0.3) is 0 Å². The monoisotopic (exact) mass is 187 g/mol. The maximum atomic E-state index is 5.29. The van der Waals surface area contributed by atoms with E-state index in [1.807, 2.05) is 13.0 Å². The minimum absolute atomic E-state index is 0. The predicted molar refractivity (Wildman–Crippen MR) is 32.8 cm³/mol. The minimum atomic E-state index is 0. The zero-order valence-corrected chi connectivity index (χ0v) is 8.19. The van der Waals surface area contributed by atoms with Crippen LogP contribution in [0.3, 0.4) is 0 Å². The summed E-state index contributed by atoms with van der Waals surface area (Å²) in [5, 5.41) is 0. The van der Waals surface area contributed by atoms with Gasteiger partial charge in [0, 0.05) is 39.3 Å². The summed E-state index contributed by atoms with van der Waals surface area (Å²) < 4.78 is 0. The van der Waals surface area contributed by atoms with Crippen LogP contribution in [0.2, 0.25) is 0 Å². The topological polar surface area (TPSA) is 26.0 Å². The average Bonchev–Trinajstić information content (AvgIpc) is 1.72. The van der Waals surface area contributed by atoms with Crippen molar-refractivity contribution in [1.29, 1.82) is 0 Å². The zero-order chi connectivity index (χ0) is 5.70. The summed E-state index contributed by atoms with van der Waals surface area (Å²) in [4.78, 5) is 0. The number of hydrogen-bond donors (Lipinski definition) is 1. The Hall–Kier alpha value is 0.804. The second kappa shape index (κ2) is 7.80. The van der Waals surface area contributed by atoms with Crippen molar-refractivity contribution in [2.75, 3.05) is 6.54 Å². The normalized spacial score (nSPS) is 10.6. The summed E-state index contributed by atoms with van der Waals surface area (Å²) in [5.41, 5.74) is 6.51. The summed E-state index contributed by atoms with van der Waals surface area (Å²) in [5.74, 6) is 0. The van der Waals surface area contributed by atoms with Crippen LogP contribution in [0.15, 0.2) is 11.6 Å². The molecule has 0 saturated heterocycles. The third-order valence-electron chi connectivity index (χ3n) is 0.992. The molecule has 1 radical (unpaired) electrons. The SMILES string of the molecule is [CH2-]CC(=CC)CN.[Y]. The van der Waals surface area contributed by atoms with Crippen LogP contribution in [0.1, 0.15) is 13.3 Å². The van der Waals surface area contributed by atoms with E-state index in [2.05, 4.69) is 6.92 Å².